The van der Waals surface area contributed by atoms with Crippen molar-refractivity contribution < 1.29 is 9.53 Å². The molecular formula is C24H27ClN4O2S. The Balaban J connectivity index is 1.47. The number of thioether (sulfide) groups is 1. The Hall–Kier alpha value is -2.51. The van der Waals surface area contributed by atoms with Crippen LogP contribution in [0.4, 0.5) is 10.5 Å². The predicted molar refractivity (Wildman–Crippen MR) is 134 cm³/mol. The average molecular weight is 471 g/mol. The van der Waals surface area contributed by atoms with Gasteiger partial charge in [0.25, 0.3) is 0 Å². The van der Waals surface area contributed by atoms with Gasteiger partial charge in [-0.05, 0) is 30.4 Å². The van der Waals surface area contributed by atoms with E-state index in [0.29, 0.717) is 42.4 Å². The van der Waals surface area contributed by atoms with Gasteiger partial charge in [-0.3, -0.25) is 4.99 Å². The van der Waals surface area contributed by atoms with Crippen LogP contribution in [0.3, 0.4) is 0 Å². The van der Waals surface area contributed by atoms with Crippen molar-refractivity contribution in [2.75, 3.05) is 31.3 Å². The molecule has 6 nitrogen and oxygen atoms in total. The molecule has 1 fully saturated rings. The second-order valence-corrected chi connectivity index (χ2v) is 9.36. The Labute approximate surface area is 198 Å². The molecule has 2 aliphatic heterocycles. The van der Waals surface area contributed by atoms with E-state index in [9.17, 15) is 4.79 Å². The SMILES string of the molecule is CCCSC1=NC2(CCN(C(=O)Nc3cc(Cl)ccc3OC)CC2)N=C1c1ccccc1. The molecule has 2 aliphatic rings. The van der Waals surface area contributed by atoms with Gasteiger partial charge in [-0.15, -0.1) is 11.8 Å². The number of carbonyl (C=O) groups is 1. The molecular weight excluding hydrogens is 444 g/mol. The van der Waals surface area contributed by atoms with Gasteiger partial charge < -0.3 is 15.0 Å². The van der Waals surface area contributed by atoms with Crippen LogP contribution in [0, 0.1) is 0 Å². The third-order valence-electron chi connectivity index (χ3n) is 5.58. The summed E-state index contributed by atoms with van der Waals surface area (Å²) in [5, 5.41) is 4.48. The largest absolute Gasteiger partial charge is 0.495 e. The van der Waals surface area contributed by atoms with Crippen LogP contribution in [0.15, 0.2) is 58.5 Å². The first-order valence-electron chi connectivity index (χ1n) is 10.8. The third-order valence-corrected chi connectivity index (χ3v) is 6.98. The third kappa shape index (κ3) is 4.94. The molecule has 2 heterocycles. The van der Waals surface area contributed by atoms with E-state index in [-0.39, 0.29) is 6.03 Å². The number of anilines is 1. The van der Waals surface area contributed by atoms with Crippen LogP contribution >= 0.6 is 23.4 Å². The van der Waals surface area contributed by atoms with E-state index in [1.165, 1.54) is 0 Å². The zero-order valence-electron chi connectivity index (χ0n) is 18.3. The quantitative estimate of drug-likeness (QED) is 0.607. The number of hydrogen-bond acceptors (Lipinski definition) is 5. The van der Waals surface area contributed by atoms with Gasteiger partial charge in [0.15, 0.2) is 5.66 Å². The summed E-state index contributed by atoms with van der Waals surface area (Å²) in [6.07, 6.45) is 2.47. The zero-order valence-corrected chi connectivity index (χ0v) is 19.9. The van der Waals surface area contributed by atoms with Gasteiger partial charge in [0.1, 0.15) is 10.8 Å². The van der Waals surface area contributed by atoms with Crippen molar-refractivity contribution in [2.24, 2.45) is 9.98 Å². The van der Waals surface area contributed by atoms with Gasteiger partial charge in [-0.2, -0.15) is 0 Å². The number of methoxy groups -OCH3 is 1. The highest BCUT2D eigenvalue weighted by molar-refractivity contribution is 8.15. The van der Waals surface area contributed by atoms with Gasteiger partial charge >= 0.3 is 6.03 Å². The van der Waals surface area contributed by atoms with Crippen LogP contribution in [-0.2, 0) is 0 Å². The van der Waals surface area contributed by atoms with Crippen molar-refractivity contribution in [2.45, 2.75) is 31.8 Å². The van der Waals surface area contributed by atoms with Crippen LogP contribution in [0.25, 0.3) is 0 Å². The Morgan fingerprint density at radius 3 is 2.62 bits per heavy atom. The number of carbonyl (C=O) groups excluding carboxylic acids is 1. The Morgan fingerprint density at radius 2 is 1.94 bits per heavy atom. The van der Waals surface area contributed by atoms with E-state index in [2.05, 4.69) is 24.4 Å². The summed E-state index contributed by atoms with van der Waals surface area (Å²) in [6.45, 7) is 3.33. The number of ether oxygens (including phenoxy) is 1. The van der Waals surface area contributed by atoms with Gasteiger partial charge in [-0.1, -0.05) is 48.9 Å². The van der Waals surface area contributed by atoms with Crippen molar-refractivity contribution in [3.05, 3.63) is 59.1 Å². The molecule has 0 unspecified atom stereocenters. The molecule has 2 amide bonds. The highest BCUT2D eigenvalue weighted by Gasteiger charge is 2.40. The lowest BCUT2D eigenvalue weighted by molar-refractivity contribution is 0.175. The zero-order chi connectivity index (χ0) is 22.6. The molecule has 32 heavy (non-hydrogen) atoms. The Kier molecular flexibility index (Phi) is 7.06. The summed E-state index contributed by atoms with van der Waals surface area (Å²) in [6, 6.07) is 15.2. The maximum atomic E-state index is 12.9. The lowest BCUT2D eigenvalue weighted by Crippen LogP contribution is -2.46. The standard InChI is InChI=1S/C24H27ClN4O2S/c1-3-15-32-22-21(17-7-5-4-6-8-17)27-24(28-22)11-13-29(14-12-24)23(30)26-19-16-18(25)9-10-20(19)31-2/h4-10,16H,3,11-15H2,1-2H3,(H,26,30). The van der Waals surface area contributed by atoms with Crippen LogP contribution in [0.1, 0.15) is 31.7 Å². The minimum atomic E-state index is -0.480. The molecule has 168 valence electrons. The topological polar surface area (TPSA) is 66.3 Å². The summed E-state index contributed by atoms with van der Waals surface area (Å²) < 4.78 is 5.33. The van der Waals surface area contributed by atoms with Crippen LogP contribution in [0.2, 0.25) is 5.02 Å². The predicted octanol–water partition coefficient (Wildman–Crippen LogP) is 5.72. The van der Waals surface area contributed by atoms with E-state index < -0.39 is 5.66 Å². The van der Waals surface area contributed by atoms with E-state index >= 15 is 0 Å². The van der Waals surface area contributed by atoms with E-state index in [1.807, 2.05) is 18.2 Å². The number of likely N-dealkylation sites (tertiary alicyclic amines) is 1. The van der Waals surface area contributed by atoms with E-state index in [4.69, 9.17) is 26.3 Å². The van der Waals surface area contributed by atoms with E-state index in [1.54, 1.807) is 42.0 Å². The molecule has 1 saturated heterocycles. The molecule has 2 aromatic carbocycles. The van der Waals surface area contributed by atoms with Crippen LogP contribution < -0.4 is 10.1 Å². The highest BCUT2D eigenvalue weighted by atomic mass is 35.5. The number of rotatable bonds is 5. The number of benzene rings is 2. The summed E-state index contributed by atoms with van der Waals surface area (Å²) in [4.78, 5) is 24.9. The molecule has 0 saturated carbocycles. The van der Waals surface area contributed by atoms with Gasteiger partial charge in [0.2, 0.25) is 0 Å². The number of halogens is 1. The highest BCUT2D eigenvalue weighted by Crippen LogP contribution is 2.36. The Morgan fingerprint density at radius 1 is 1.19 bits per heavy atom. The van der Waals surface area contributed by atoms with Crippen molar-refractivity contribution in [3.8, 4) is 5.75 Å². The first-order chi connectivity index (χ1) is 15.5. The van der Waals surface area contributed by atoms with Gasteiger partial charge in [-0.25, -0.2) is 9.79 Å². The second kappa shape index (κ2) is 9.96. The minimum Gasteiger partial charge on any atom is -0.495 e. The number of urea groups is 1. The molecule has 1 spiro atoms. The fourth-order valence-electron chi connectivity index (χ4n) is 3.87. The van der Waals surface area contributed by atoms with Crippen molar-refractivity contribution in [3.63, 3.8) is 0 Å². The number of amides is 2. The maximum Gasteiger partial charge on any atom is 0.321 e. The lowest BCUT2D eigenvalue weighted by Gasteiger charge is -2.35. The number of nitrogens with one attached hydrogen (secondary N) is 1. The van der Waals surface area contributed by atoms with Crippen molar-refractivity contribution in [1.82, 2.24) is 4.90 Å². The fraction of sp³-hybridized carbons (Fsp3) is 0.375. The molecule has 8 heteroatoms. The normalized spacial score (nSPS) is 17.2. The molecule has 0 radical (unpaired) electrons. The summed E-state index contributed by atoms with van der Waals surface area (Å²) >= 11 is 7.86. The average Bonchev–Trinajstić information content (AvgIpc) is 3.16. The number of aliphatic imine (C=N–C) groups is 2. The molecule has 4 rings (SSSR count). The molecule has 0 aliphatic carbocycles. The second-order valence-electron chi connectivity index (χ2n) is 7.84. The summed E-state index contributed by atoms with van der Waals surface area (Å²) in [7, 11) is 1.57. The molecule has 0 aromatic heterocycles. The summed E-state index contributed by atoms with van der Waals surface area (Å²) in [5.74, 6) is 1.59. The van der Waals surface area contributed by atoms with Crippen molar-refractivity contribution >= 4 is 45.8 Å². The first-order valence-corrected chi connectivity index (χ1v) is 12.2. The van der Waals surface area contributed by atoms with Gasteiger partial charge in [0, 0.05) is 36.5 Å². The number of hydrogen-bond donors (Lipinski definition) is 1. The van der Waals surface area contributed by atoms with Gasteiger partial charge in [0.05, 0.1) is 18.5 Å². The molecule has 1 N–H and O–H groups in total. The van der Waals surface area contributed by atoms with Crippen LogP contribution in [0.5, 0.6) is 5.75 Å². The molecule has 0 bridgehead atoms. The molecule has 2 aromatic rings. The van der Waals surface area contributed by atoms with E-state index in [0.717, 1.165) is 28.5 Å². The number of piperidine rings is 1. The minimum absolute atomic E-state index is 0.171. The smallest absolute Gasteiger partial charge is 0.321 e. The number of nitrogens with zero attached hydrogens (tertiary/aromatic N) is 3. The fourth-order valence-corrected chi connectivity index (χ4v) is 4.97. The monoisotopic (exact) mass is 470 g/mol. The summed E-state index contributed by atoms with van der Waals surface area (Å²) in [5.41, 5.74) is 2.16. The lowest BCUT2D eigenvalue weighted by atomic mass is 9.98. The molecule has 0 atom stereocenters. The van der Waals surface area contributed by atoms with Crippen molar-refractivity contribution in [1.29, 1.82) is 0 Å². The first kappa shape index (κ1) is 22.7. The Bertz CT molecular complexity index is 1030. The maximum absolute atomic E-state index is 12.9. The van der Waals surface area contributed by atoms with Crippen LogP contribution in [-0.4, -0.2) is 53.3 Å².